The molecule has 0 spiro atoms. The lowest BCUT2D eigenvalue weighted by atomic mass is 10.2. The molecule has 0 bridgehead atoms. The number of nitrogens with zero attached hydrogens (tertiary/aromatic N) is 4. The van der Waals surface area contributed by atoms with Gasteiger partial charge in [-0.25, -0.2) is 4.98 Å². The molecule has 0 amide bonds. The molecule has 0 atom stereocenters. The van der Waals surface area contributed by atoms with Crippen LogP contribution in [0.25, 0.3) is 0 Å². The third-order valence-corrected chi connectivity index (χ3v) is 4.03. The molecule has 1 saturated heterocycles. The molecule has 0 aliphatic carbocycles. The van der Waals surface area contributed by atoms with Gasteiger partial charge in [-0.1, -0.05) is 12.1 Å². The lowest BCUT2D eigenvalue weighted by Crippen LogP contribution is -2.46. The highest BCUT2D eigenvalue weighted by atomic mass is 15.3. The fourth-order valence-electron chi connectivity index (χ4n) is 2.74. The Hall–Kier alpha value is -1.81. The minimum atomic E-state index is 0.950. The highest BCUT2D eigenvalue weighted by Gasteiger charge is 2.18. The highest BCUT2D eigenvalue weighted by molar-refractivity contribution is 5.48. The number of hydrogen-bond acceptors (Lipinski definition) is 3. The van der Waals surface area contributed by atoms with Crippen LogP contribution >= 0.6 is 0 Å². The maximum absolute atomic E-state index is 4.41. The number of hydrogen-bond donors (Lipinski definition) is 0. The van der Waals surface area contributed by atoms with Gasteiger partial charge in [-0.2, -0.15) is 0 Å². The van der Waals surface area contributed by atoms with Gasteiger partial charge in [0.05, 0.1) is 6.54 Å². The number of imidazole rings is 1. The van der Waals surface area contributed by atoms with Crippen LogP contribution in [0, 0.1) is 6.92 Å². The van der Waals surface area contributed by atoms with E-state index in [2.05, 4.69) is 57.6 Å². The van der Waals surface area contributed by atoms with Crippen molar-refractivity contribution in [1.82, 2.24) is 14.5 Å². The van der Waals surface area contributed by atoms with E-state index >= 15 is 0 Å². The van der Waals surface area contributed by atoms with E-state index in [1.54, 1.807) is 0 Å². The van der Waals surface area contributed by atoms with Gasteiger partial charge >= 0.3 is 0 Å². The lowest BCUT2D eigenvalue weighted by molar-refractivity contribution is 0.242. The number of benzene rings is 1. The van der Waals surface area contributed by atoms with E-state index in [9.17, 15) is 0 Å². The molecule has 1 aromatic carbocycles. The maximum atomic E-state index is 4.41. The molecule has 4 heteroatoms. The Bertz CT molecular complexity index is 567. The van der Waals surface area contributed by atoms with Crippen LogP contribution in [0.15, 0.2) is 36.7 Å². The Morgan fingerprint density at radius 2 is 1.95 bits per heavy atom. The molecule has 2 heterocycles. The summed E-state index contributed by atoms with van der Waals surface area (Å²) in [6, 6.07) is 8.78. The molecule has 2 aromatic rings. The maximum Gasteiger partial charge on any atom is 0.122 e. The van der Waals surface area contributed by atoms with Gasteiger partial charge in [-0.05, 0) is 24.6 Å². The predicted octanol–water partition coefficient (Wildman–Crippen LogP) is 2.05. The number of aromatic nitrogens is 2. The van der Waals surface area contributed by atoms with Gasteiger partial charge in [0.2, 0.25) is 0 Å². The third-order valence-electron chi connectivity index (χ3n) is 4.03. The first-order chi connectivity index (χ1) is 9.72. The zero-order valence-electron chi connectivity index (χ0n) is 12.3. The first kappa shape index (κ1) is 13.2. The van der Waals surface area contributed by atoms with Gasteiger partial charge in [0.25, 0.3) is 0 Å². The van der Waals surface area contributed by atoms with Crippen molar-refractivity contribution >= 4 is 5.69 Å². The average molecular weight is 270 g/mol. The molecular weight excluding hydrogens is 248 g/mol. The Balaban J connectivity index is 1.58. The van der Waals surface area contributed by atoms with Crippen molar-refractivity contribution < 1.29 is 0 Å². The summed E-state index contributed by atoms with van der Waals surface area (Å²) in [5.74, 6) is 1.15. The van der Waals surface area contributed by atoms with Crippen LogP contribution in [0.1, 0.15) is 11.4 Å². The van der Waals surface area contributed by atoms with E-state index in [1.807, 2.05) is 12.4 Å². The molecule has 0 N–H and O–H groups in total. The summed E-state index contributed by atoms with van der Waals surface area (Å²) in [6.07, 6.45) is 3.89. The second kappa shape index (κ2) is 5.67. The molecule has 0 radical (unpaired) electrons. The van der Waals surface area contributed by atoms with E-state index in [1.165, 1.54) is 11.3 Å². The molecule has 20 heavy (non-hydrogen) atoms. The second-order valence-corrected chi connectivity index (χ2v) is 5.56. The number of anilines is 1. The summed E-state index contributed by atoms with van der Waals surface area (Å²) in [7, 11) is 2.06. The molecule has 106 valence electrons. The molecule has 0 saturated carbocycles. The molecular formula is C16H22N4. The van der Waals surface area contributed by atoms with Crippen molar-refractivity contribution in [3.05, 3.63) is 48.0 Å². The van der Waals surface area contributed by atoms with Crippen molar-refractivity contribution in [2.75, 3.05) is 31.1 Å². The van der Waals surface area contributed by atoms with Crippen LogP contribution < -0.4 is 4.90 Å². The van der Waals surface area contributed by atoms with Gasteiger partial charge < -0.3 is 9.47 Å². The van der Waals surface area contributed by atoms with Crippen LogP contribution in [-0.4, -0.2) is 40.6 Å². The number of rotatable bonds is 3. The number of aryl methyl sites for hydroxylation is 2. The molecule has 4 nitrogen and oxygen atoms in total. The Kier molecular flexibility index (Phi) is 3.74. The van der Waals surface area contributed by atoms with Gasteiger partial charge in [0.1, 0.15) is 5.82 Å². The summed E-state index contributed by atoms with van der Waals surface area (Å²) < 4.78 is 2.10. The molecule has 1 aromatic heterocycles. The van der Waals surface area contributed by atoms with E-state index in [-0.39, 0.29) is 0 Å². The van der Waals surface area contributed by atoms with Crippen molar-refractivity contribution in [3.63, 3.8) is 0 Å². The van der Waals surface area contributed by atoms with Gasteiger partial charge in [-0.15, -0.1) is 0 Å². The topological polar surface area (TPSA) is 24.3 Å². The quantitative estimate of drug-likeness (QED) is 0.853. The SMILES string of the molecule is Cc1cccc(N2CCN(Cc3nccn3C)CC2)c1. The molecule has 0 unspecified atom stereocenters. The third kappa shape index (κ3) is 2.85. The van der Waals surface area contributed by atoms with Crippen LogP contribution in [0.5, 0.6) is 0 Å². The molecule has 1 aliphatic heterocycles. The molecule has 3 rings (SSSR count). The molecule has 1 fully saturated rings. The van der Waals surface area contributed by atoms with E-state index in [0.29, 0.717) is 0 Å². The second-order valence-electron chi connectivity index (χ2n) is 5.56. The van der Waals surface area contributed by atoms with Crippen molar-refractivity contribution in [3.8, 4) is 0 Å². The summed E-state index contributed by atoms with van der Waals surface area (Å²) in [5.41, 5.74) is 2.68. The van der Waals surface area contributed by atoms with Crippen LogP contribution in [0.2, 0.25) is 0 Å². The zero-order chi connectivity index (χ0) is 13.9. The molecule has 1 aliphatic rings. The van der Waals surface area contributed by atoms with E-state index in [4.69, 9.17) is 0 Å². The lowest BCUT2D eigenvalue weighted by Gasteiger charge is -2.36. The monoisotopic (exact) mass is 270 g/mol. The Labute approximate surface area is 120 Å². The first-order valence-corrected chi connectivity index (χ1v) is 7.22. The smallest absolute Gasteiger partial charge is 0.122 e. The number of piperazine rings is 1. The zero-order valence-corrected chi connectivity index (χ0v) is 12.3. The fraction of sp³-hybridized carbons (Fsp3) is 0.438. The summed E-state index contributed by atoms with van der Waals surface area (Å²) in [4.78, 5) is 9.36. The van der Waals surface area contributed by atoms with Gasteiger partial charge in [0.15, 0.2) is 0 Å². The van der Waals surface area contributed by atoms with Crippen LogP contribution in [0.4, 0.5) is 5.69 Å². The predicted molar refractivity (Wildman–Crippen MR) is 81.9 cm³/mol. The van der Waals surface area contributed by atoms with E-state index < -0.39 is 0 Å². The van der Waals surface area contributed by atoms with Gasteiger partial charge in [-0.3, -0.25) is 4.90 Å². The van der Waals surface area contributed by atoms with Crippen molar-refractivity contribution in [2.24, 2.45) is 7.05 Å². The minimum absolute atomic E-state index is 0.950. The first-order valence-electron chi connectivity index (χ1n) is 7.22. The van der Waals surface area contributed by atoms with Crippen LogP contribution in [-0.2, 0) is 13.6 Å². The van der Waals surface area contributed by atoms with Gasteiger partial charge in [0, 0.05) is 51.3 Å². The largest absolute Gasteiger partial charge is 0.369 e. The minimum Gasteiger partial charge on any atom is -0.369 e. The summed E-state index contributed by atoms with van der Waals surface area (Å²) >= 11 is 0. The van der Waals surface area contributed by atoms with Crippen molar-refractivity contribution in [2.45, 2.75) is 13.5 Å². The Morgan fingerprint density at radius 3 is 2.60 bits per heavy atom. The summed E-state index contributed by atoms with van der Waals surface area (Å²) in [5, 5.41) is 0. The normalized spacial score (nSPS) is 16.6. The average Bonchev–Trinajstić information content (AvgIpc) is 2.85. The van der Waals surface area contributed by atoms with Crippen molar-refractivity contribution in [1.29, 1.82) is 0 Å². The fourth-order valence-corrected chi connectivity index (χ4v) is 2.74. The van der Waals surface area contributed by atoms with Crippen LogP contribution in [0.3, 0.4) is 0 Å². The highest BCUT2D eigenvalue weighted by Crippen LogP contribution is 2.18. The standard InChI is InChI=1S/C16H22N4/c1-14-4-3-5-15(12-14)20-10-8-19(9-11-20)13-16-17-6-7-18(16)2/h3-7,12H,8-11,13H2,1-2H3. The van der Waals surface area contributed by atoms with E-state index in [0.717, 1.165) is 38.5 Å². The Morgan fingerprint density at radius 1 is 1.15 bits per heavy atom. The summed E-state index contributed by atoms with van der Waals surface area (Å²) in [6.45, 7) is 7.48.